The second-order valence-electron chi connectivity index (χ2n) is 2.45. The van der Waals surface area contributed by atoms with Gasteiger partial charge >= 0.3 is 0 Å². The van der Waals surface area contributed by atoms with Crippen molar-refractivity contribution in [1.29, 1.82) is 0 Å². The van der Waals surface area contributed by atoms with Crippen LogP contribution in [0.5, 0.6) is 0 Å². The number of nitrogens with zero attached hydrogens (tertiary/aromatic N) is 4. The zero-order chi connectivity index (χ0) is 9.80. The van der Waals surface area contributed by atoms with E-state index in [2.05, 4.69) is 20.7 Å². The van der Waals surface area contributed by atoms with Crippen molar-refractivity contribution < 1.29 is 4.42 Å². The average molecular weight is 229 g/mol. The Balaban J connectivity index is 0.00000112. The van der Waals surface area contributed by atoms with Crippen LogP contribution in [0.2, 0.25) is 0 Å². The van der Waals surface area contributed by atoms with Crippen molar-refractivity contribution in [1.82, 2.24) is 14.9 Å². The molecule has 8 heteroatoms. The molecule has 2 heterocycles. The maximum Gasteiger partial charge on any atom is 0.263 e. The quantitative estimate of drug-likeness (QED) is 0.452. The van der Waals surface area contributed by atoms with Gasteiger partial charge in [0.2, 0.25) is 0 Å². The Kier molecular flexibility index (Phi) is 3.69. The van der Waals surface area contributed by atoms with E-state index in [0.717, 1.165) is 0 Å². The summed E-state index contributed by atoms with van der Waals surface area (Å²) in [5.74, 6) is 6.43. The van der Waals surface area contributed by atoms with Gasteiger partial charge in [0.1, 0.15) is 12.1 Å². The molecule has 0 aliphatic carbocycles. The Bertz CT molecular complexity index is 422. The average Bonchev–Trinajstić information content (AvgIpc) is 2.78. The number of nitrogen functional groups attached to an aromatic ring is 1. The molecule has 0 bridgehead atoms. The highest BCUT2D eigenvalue weighted by Crippen LogP contribution is 1.97. The first-order chi connectivity index (χ1) is 6.86. The SMILES string of the molecule is Cl.Nn1cnnc1NN=Cc1ccco1. The molecule has 0 amide bonds. The van der Waals surface area contributed by atoms with Crippen molar-refractivity contribution in [3.63, 3.8) is 0 Å². The third kappa shape index (κ3) is 2.71. The molecule has 0 unspecified atom stereocenters. The molecule has 80 valence electrons. The summed E-state index contributed by atoms with van der Waals surface area (Å²) in [6.45, 7) is 0. The Labute approximate surface area is 91.4 Å². The molecule has 15 heavy (non-hydrogen) atoms. The predicted octanol–water partition coefficient (Wildman–Crippen LogP) is 0.453. The van der Waals surface area contributed by atoms with Gasteiger partial charge in [-0.3, -0.25) is 0 Å². The van der Waals surface area contributed by atoms with Gasteiger partial charge in [-0.1, -0.05) is 0 Å². The number of furan rings is 1. The molecular weight excluding hydrogens is 220 g/mol. The van der Waals surface area contributed by atoms with Crippen LogP contribution < -0.4 is 11.3 Å². The van der Waals surface area contributed by atoms with E-state index < -0.39 is 0 Å². The highest BCUT2D eigenvalue weighted by atomic mass is 35.5. The van der Waals surface area contributed by atoms with Gasteiger partial charge in [-0.25, -0.2) is 10.1 Å². The molecule has 0 spiro atoms. The minimum Gasteiger partial charge on any atom is -0.463 e. The lowest BCUT2D eigenvalue weighted by atomic mass is 10.5. The first kappa shape index (κ1) is 11.1. The maximum atomic E-state index is 5.43. The summed E-state index contributed by atoms with van der Waals surface area (Å²) in [6.07, 6.45) is 4.44. The minimum absolute atomic E-state index is 0. The highest BCUT2D eigenvalue weighted by molar-refractivity contribution is 5.85. The van der Waals surface area contributed by atoms with Crippen molar-refractivity contribution in [2.24, 2.45) is 5.10 Å². The van der Waals surface area contributed by atoms with Gasteiger partial charge < -0.3 is 10.3 Å². The van der Waals surface area contributed by atoms with E-state index in [9.17, 15) is 0 Å². The van der Waals surface area contributed by atoms with Crippen molar-refractivity contribution >= 4 is 24.6 Å². The molecule has 0 radical (unpaired) electrons. The monoisotopic (exact) mass is 228 g/mol. The van der Waals surface area contributed by atoms with Gasteiger partial charge in [-0.15, -0.1) is 22.6 Å². The topological polar surface area (TPSA) is 94.3 Å². The molecule has 0 saturated heterocycles. The molecule has 0 atom stereocenters. The van der Waals surface area contributed by atoms with Crippen LogP contribution in [-0.4, -0.2) is 21.1 Å². The molecule has 2 aromatic heterocycles. The second kappa shape index (κ2) is 5.01. The fourth-order valence-electron chi connectivity index (χ4n) is 0.841. The summed E-state index contributed by atoms with van der Waals surface area (Å²) in [4.78, 5) is 0. The summed E-state index contributed by atoms with van der Waals surface area (Å²) in [7, 11) is 0. The number of hydrogen-bond donors (Lipinski definition) is 2. The largest absolute Gasteiger partial charge is 0.463 e. The third-order valence-electron chi connectivity index (χ3n) is 1.47. The highest BCUT2D eigenvalue weighted by Gasteiger charge is 1.96. The van der Waals surface area contributed by atoms with E-state index in [1.807, 2.05) is 0 Å². The summed E-state index contributed by atoms with van der Waals surface area (Å²) in [5.41, 5.74) is 2.60. The Morgan fingerprint density at radius 1 is 1.60 bits per heavy atom. The van der Waals surface area contributed by atoms with Crippen LogP contribution in [0, 0.1) is 0 Å². The molecule has 0 aromatic carbocycles. The number of aromatic nitrogens is 3. The standard InChI is InChI=1S/C7H8N6O.ClH/c8-13-5-10-12-7(13)11-9-4-6-2-1-3-14-6;/h1-5H,8H2,(H,11,12);1H. The van der Waals surface area contributed by atoms with Gasteiger partial charge in [-0.2, -0.15) is 5.10 Å². The maximum absolute atomic E-state index is 5.43. The molecule has 7 nitrogen and oxygen atoms in total. The molecule has 3 N–H and O–H groups in total. The van der Waals surface area contributed by atoms with Gasteiger partial charge in [-0.05, 0) is 12.1 Å². The molecule has 2 aromatic rings. The number of nitrogens with one attached hydrogen (secondary N) is 1. The van der Waals surface area contributed by atoms with Crippen molar-refractivity contribution in [2.75, 3.05) is 11.3 Å². The Morgan fingerprint density at radius 2 is 2.47 bits per heavy atom. The molecule has 2 rings (SSSR count). The lowest BCUT2D eigenvalue weighted by Crippen LogP contribution is -2.10. The van der Waals surface area contributed by atoms with Crippen LogP contribution in [0.15, 0.2) is 34.2 Å². The van der Waals surface area contributed by atoms with E-state index in [-0.39, 0.29) is 12.4 Å². The van der Waals surface area contributed by atoms with Crippen LogP contribution in [0.4, 0.5) is 5.95 Å². The number of anilines is 1. The minimum atomic E-state index is 0. The van der Waals surface area contributed by atoms with E-state index >= 15 is 0 Å². The smallest absolute Gasteiger partial charge is 0.263 e. The third-order valence-corrected chi connectivity index (χ3v) is 1.47. The molecule has 0 aliphatic heterocycles. The predicted molar refractivity (Wildman–Crippen MR) is 57.3 cm³/mol. The fraction of sp³-hybridized carbons (Fsp3) is 0. The van der Waals surface area contributed by atoms with Gasteiger partial charge in [0.25, 0.3) is 5.95 Å². The lowest BCUT2D eigenvalue weighted by Gasteiger charge is -1.95. The van der Waals surface area contributed by atoms with E-state index in [4.69, 9.17) is 10.3 Å². The van der Waals surface area contributed by atoms with Gasteiger partial charge in [0.15, 0.2) is 0 Å². The number of hydrazone groups is 1. The summed E-state index contributed by atoms with van der Waals surface area (Å²) >= 11 is 0. The number of nitrogens with two attached hydrogens (primary N) is 1. The van der Waals surface area contributed by atoms with Gasteiger partial charge in [0, 0.05) is 0 Å². The van der Waals surface area contributed by atoms with Crippen LogP contribution in [0.1, 0.15) is 5.76 Å². The first-order valence-electron chi connectivity index (χ1n) is 3.84. The molecule has 0 saturated carbocycles. The number of halogens is 1. The number of rotatable bonds is 3. The van der Waals surface area contributed by atoms with E-state index in [1.165, 1.54) is 17.2 Å². The zero-order valence-corrected chi connectivity index (χ0v) is 8.39. The van der Waals surface area contributed by atoms with E-state index in [0.29, 0.717) is 11.7 Å². The second-order valence-corrected chi connectivity index (χ2v) is 2.45. The van der Waals surface area contributed by atoms with Crippen molar-refractivity contribution in [3.8, 4) is 0 Å². The summed E-state index contributed by atoms with van der Waals surface area (Å²) < 4.78 is 6.24. The Hall–Kier alpha value is -2.02. The fourth-order valence-corrected chi connectivity index (χ4v) is 0.841. The molecule has 0 fully saturated rings. The van der Waals surface area contributed by atoms with Crippen molar-refractivity contribution in [3.05, 3.63) is 30.5 Å². The Morgan fingerprint density at radius 3 is 3.07 bits per heavy atom. The van der Waals surface area contributed by atoms with Crippen LogP contribution >= 0.6 is 12.4 Å². The molecule has 0 aliphatic rings. The normalized spacial score (nSPS) is 10.1. The van der Waals surface area contributed by atoms with Gasteiger partial charge in [0.05, 0.1) is 12.5 Å². The van der Waals surface area contributed by atoms with Crippen LogP contribution in [0.25, 0.3) is 0 Å². The summed E-state index contributed by atoms with van der Waals surface area (Å²) in [5, 5.41) is 11.1. The zero-order valence-electron chi connectivity index (χ0n) is 7.57. The van der Waals surface area contributed by atoms with Crippen LogP contribution in [-0.2, 0) is 0 Å². The van der Waals surface area contributed by atoms with Crippen LogP contribution in [0.3, 0.4) is 0 Å². The first-order valence-corrected chi connectivity index (χ1v) is 3.84. The van der Waals surface area contributed by atoms with E-state index in [1.54, 1.807) is 18.4 Å². The lowest BCUT2D eigenvalue weighted by molar-refractivity contribution is 0.560. The number of hydrogen-bond acceptors (Lipinski definition) is 6. The summed E-state index contributed by atoms with van der Waals surface area (Å²) in [6, 6.07) is 3.55. The molecular formula is C7H9ClN6O. The van der Waals surface area contributed by atoms with Crippen molar-refractivity contribution in [2.45, 2.75) is 0 Å².